The van der Waals surface area contributed by atoms with Crippen molar-refractivity contribution in [1.82, 2.24) is 35.1 Å². The van der Waals surface area contributed by atoms with Crippen LogP contribution in [0.15, 0.2) is 103 Å². The summed E-state index contributed by atoms with van der Waals surface area (Å²) in [6.45, 7) is 10.3. The highest BCUT2D eigenvalue weighted by Gasteiger charge is 2.17. The van der Waals surface area contributed by atoms with E-state index in [0.717, 1.165) is 64.4 Å². The Hall–Kier alpha value is -6.64. The molecule has 0 spiro atoms. The second-order valence-corrected chi connectivity index (χ2v) is 13.8. The number of carbonyl (C=O) groups excluding carboxylic acids is 4. The van der Waals surface area contributed by atoms with E-state index in [9.17, 15) is 19.2 Å². The molecule has 61 heavy (non-hydrogen) atoms. The van der Waals surface area contributed by atoms with Gasteiger partial charge in [-0.1, -0.05) is 113 Å². The normalized spacial score (nSPS) is 10.2. The predicted molar refractivity (Wildman–Crippen MR) is 241 cm³/mol. The monoisotopic (exact) mass is 832 g/mol. The molecule has 6 aromatic rings. The fourth-order valence-electron chi connectivity index (χ4n) is 6.10. The zero-order valence-corrected chi connectivity index (χ0v) is 36.1. The van der Waals surface area contributed by atoms with E-state index < -0.39 is 12.0 Å². The van der Waals surface area contributed by atoms with Crippen molar-refractivity contribution in [3.63, 3.8) is 0 Å². The Balaban J connectivity index is 0.000000662. The SMILES string of the molecule is CCC.CCCN(Cc1ncc(-c2ccc3cc(-c4ccc(-c5cnc(CN(CCC)C(=O)CNC(=O)OC)[nH]5)cc4)ccc3c2)[nH]1)C(=O)C=O.CO.NCc1ccccc1. The lowest BCUT2D eigenvalue weighted by atomic mass is 9.98. The summed E-state index contributed by atoms with van der Waals surface area (Å²) in [6.07, 6.45) is 5.96. The number of H-pyrrole nitrogens is 2. The number of hydrogen-bond donors (Lipinski definition) is 5. The lowest BCUT2D eigenvalue weighted by Crippen LogP contribution is -2.40. The standard InChI is InChI=1S/C36H39N7O5.C7H9N.C3H8.CH4O/c1-4-14-42(34(45)20-39-36(47)48-3)21-32-37-18-30(40-32)25-8-6-24(7-9-25)26-10-11-28-17-29(13-12-27(28)16-26)31-19-38-33(41-31)22-43(15-5-2)35(46)23-44;8-6-7-4-2-1-3-5-7;1-3-2;1-2/h6-13,16-19,23H,4-5,14-15,20-22H2,1-3H3,(H,37,40)(H,38,41)(H,39,47);1-5H,6,8H2;3H2,1-2H3;2H,1H3. The van der Waals surface area contributed by atoms with E-state index in [1.54, 1.807) is 17.3 Å². The number of imidazole rings is 2. The number of aromatic amines is 2. The minimum atomic E-state index is -0.648. The molecule has 324 valence electrons. The highest BCUT2D eigenvalue weighted by Crippen LogP contribution is 2.29. The molecule has 14 nitrogen and oxygen atoms in total. The number of nitrogens with one attached hydrogen (secondary N) is 3. The van der Waals surface area contributed by atoms with Gasteiger partial charge in [0.2, 0.25) is 12.2 Å². The molecule has 0 saturated carbocycles. The molecule has 6 N–H and O–H groups in total. The summed E-state index contributed by atoms with van der Waals surface area (Å²) < 4.78 is 4.55. The highest BCUT2D eigenvalue weighted by atomic mass is 16.5. The fourth-order valence-corrected chi connectivity index (χ4v) is 6.10. The highest BCUT2D eigenvalue weighted by molar-refractivity contribution is 6.23. The Morgan fingerprint density at radius 2 is 1.21 bits per heavy atom. The molecule has 0 fully saturated rings. The number of alkyl carbamates (subject to hydrolysis) is 1. The number of amides is 3. The van der Waals surface area contributed by atoms with Gasteiger partial charge >= 0.3 is 6.09 Å². The van der Waals surface area contributed by atoms with Gasteiger partial charge in [0.1, 0.15) is 18.2 Å². The van der Waals surface area contributed by atoms with Crippen molar-refractivity contribution >= 4 is 35.0 Å². The molecule has 0 radical (unpaired) electrons. The third-order valence-electron chi connectivity index (χ3n) is 9.02. The van der Waals surface area contributed by atoms with E-state index in [0.29, 0.717) is 44.1 Å². The Morgan fingerprint density at radius 1 is 0.721 bits per heavy atom. The summed E-state index contributed by atoms with van der Waals surface area (Å²) >= 11 is 0. The van der Waals surface area contributed by atoms with Crippen LogP contribution in [0, 0.1) is 0 Å². The Kier molecular flexibility index (Phi) is 21.1. The van der Waals surface area contributed by atoms with E-state index in [-0.39, 0.29) is 19.0 Å². The molecule has 3 amide bonds. The first-order valence-electron chi connectivity index (χ1n) is 20.4. The van der Waals surface area contributed by atoms with E-state index in [2.05, 4.69) is 86.3 Å². The van der Waals surface area contributed by atoms with E-state index in [1.807, 2.05) is 62.4 Å². The average Bonchev–Trinajstić information content (AvgIpc) is 3.99. The van der Waals surface area contributed by atoms with Gasteiger partial charge in [0, 0.05) is 32.3 Å². The average molecular weight is 833 g/mol. The number of carbonyl (C=O) groups is 4. The number of rotatable bonds is 15. The summed E-state index contributed by atoms with van der Waals surface area (Å²) in [7, 11) is 2.26. The smallest absolute Gasteiger partial charge is 0.407 e. The van der Waals surface area contributed by atoms with Gasteiger partial charge in [-0.3, -0.25) is 14.4 Å². The molecule has 0 aliphatic carbocycles. The van der Waals surface area contributed by atoms with Crippen molar-refractivity contribution in [2.45, 2.75) is 66.6 Å². The summed E-state index contributed by atoms with van der Waals surface area (Å²) in [5.41, 5.74) is 12.3. The van der Waals surface area contributed by atoms with Crippen molar-refractivity contribution < 1.29 is 29.0 Å². The lowest BCUT2D eigenvalue weighted by molar-refractivity contribution is -0.139. The molecular formula is C47H60N8O6. The van der Waals surface area contributed by atoms with E-state index >= 15 is 0 Å². The first-order chi connectivity index (χ1) is 29.7. The van der Waals surface area contributed by atoms with Gasteiger partial charge in [-0.2, -0.15) is 0 Å². The first-order valence-corrected chi connectivity index (χ1v) is 20.4. The molecule has 2 aromatic heterocycles. The summed E-state index contributed by atoms with van der Waals surface area (Å²) in [5.74, 6) is 0.513. The summed E-state index contributed by atoms with van der Waals surface area (Å²) in [4.78, 5) is 65.6. The lowest BCUT2D eigenvalue weighted by Gasteiger charge is -2.21. The molecular weight excluding hydrogens is 773 g/mol. The number of aliphatic hydroxyl groups excluding tert-OH is 1. The van der Waals surface area contributed by atoms with Gasteiger partial charge < -0.3 is 40.7 Å². The second kappa shape index (κ2) is 26.5. The number of ether oxygens (including phenoxy) is 1. The maximum atomic E-state index is 12.6. The van der Waals surface area contributed by atoms with Crippen LogP contribution in [0.1, 0.15) is 64.2 Å². The number of benzene rings is 4. The zero-order valence-electron chi connectivity index (χ0n) is 36.1. The van der Waals surface area contributed by atoms with Gasteiger partial charge in [-0.15, -0.1) is 0 Å². The Bertz CT molecular complexity index is 2240. The summed E-state index contributed by atoms with van der Waals surface area (Å²) in [5, 5.41) is 11.6. The number of nitrogens with two attached hydrogens (primary N) is 1. The van der Waals surface area contributed by atoms with Gasteiger partial charge in [0.15, 0.2) is 0 Å². The van der Waals surface area contributed by atoms with Crippen LogP contribution >= 0.6 is 0 Å². The van der Waals surface area contributed by atoms with Crippen molar-refractivity contribution in [2.75, 3.05) is 33.9 Å². The van der Waals surface area contributed by atoms with Crippen molar-refractivity contribution in [3.05, 3.63) is 121 Å². The number of aliphatic hydroxyl groups is 1. The van der Waals surface area contributed by atoms with Gasteiger partial charge in [0.05, 0.1) is 44.0 Å². The molecule has 4 aromatic carbocycles. The number of fused-ring (bicyclic) bond motifs is 1. The maximum absolute atomic E-state index is 12.6. The van der Waals surface area contributed by atoms with Crippen molar-refractivity contribution in [3.8, 4) is 33.6 Å². The number of nitrogens with zero attached hydrogens (tertiary/aromatic N) is 4. The first kappa shape index (κ1) is 48.7. The number of methoxy groups -OCH3 is 1. The molecule has 0 saturated heterocycles. The third-order valence-corrected chi connectivity index (χ3v) is 9.02. The van der Waals surface area contributed by atoms with Crippen molar-refractivity contribution in [2.24, 2.45) is 5.73 Å². The molecule has 2 heterocycles. The van der Waals surface area contributed by atoms with Crippen molar-refractivity contribution in [1.29, 1.82) is 0 Å². The zero-order chi connectivity index (χ0) is 44.6. The third kappa shape index (κ3) is 15.2. The fraction of sp³-hybridized carbons (Fsp3) is 0.319. The largest absolute Gasteiger partial charge is 0.453 e. The molecule has 0 aliphatic heterocycles. The van der Waals surface area contributed by atoms with E-state index in [4.69, 9.17) is 10.8 Å². The number of hydrogen-bond acceptors (Lipinski definition) is 9. The topological polar surface area (TPSA) is 200 Å². The Labute approximate surface area is 358 Å². The maximum Gasteiger partial charge on any atom is 0.407 e. The van der Waals surface area contributed by atoms with Crippen LogP contribution in [0.3, 0.4) is 0 Å². The minimum absolute atomic E-state index is 0.144. The number of aromatic nitrogens is 4. The van der Waals surface area contributed by atoms with Gasteiger partial charge in [-0.25, -0.2) is 14.8 Å². The molecule has 14 heteroatoms. The second-order valence-electron chi connectivity index (χ2n) is 13.8. The van der Waals surface area contributed by atoms with E-state index in [1.165, 1.54) is 24.0 Å². The van der Waals surface area contributed by atoms with Crippen LogP contribution in [-0.2, 0) is 38.8 Å². The Morgan fingerprint density at radius 3 is 1.74 bits per heavy atom. The minimum Gasteiger partial charge on any atom is -0.453 e. The number of aldehydes is 1. The van der Waals surface area contributed by atoms with Crippen LogP contribution in [0.25, 0.3) is 44.4 Å². The molecule has 0 atom stereocenters. The molecule has 0 aliphatic rings. The molecule has 6 rings (SSSR count). The van der Waals surface area contributed by atoms with Crippen LogP contribution in [-0.4, -0.2) is 92.9 Å². The van der Waals surface area contributed by atoms with Crippen LogP contribution < -0.4 is 11.1 Å². The molecule has 0 unspecified atom stereocenters. The predicted octanol–water partition coefficient (Wildman–Crippen LogP) is 7.49. The van der Waals surface area contributed by atoms with Gasteiger partial charge in [-0.05, 0) is 58.0 Å². The summed E-state index contributed by atoms with van der Waals surface area (Å²) in [6, 6.07) is 30.8. The van der Waals surface area contributed by atoms with Crippen LogP contribution in [0.2, 0.25) is 0 Å². The van der Waals surface area contributed by atoms with Gasteiger partial charge in [0.25, 0.3) is 5.91 Å². The van der Waals surface area contributed by atoms with Crippen LogP contribution in [0.4, 0.5) is 4.79 Å². The quantitative estimate of drug-likeness (QED) is 0.0514. The van der Waals surface area contributed by atoms with Crippen LogP contribution in [0.5, 0.6) is 0 Å². The molecule has 0 bridgehead atoms.